The summed E-state index contributed by atoms with van der Waals surface area (Å²) in [6.07, 6.45) is 1.59. The number of nitrogens with zero attached hydrogens (tertiary/aromatic N) is 1. The van der Waals surface area contributed by atoms with Crippen molar-refractivity contribution in [3.63, 3.8) is 0 Å². The fraction of sp³-hybridized carbons (Fsp3) is 0.778. The zero-order valence-electron chi connectivity index (χ0n) is 8.61. The molecule has 1 atom stereocenters. The van der Waals surface area contributed by atoms with E-state index >= 15 is 0 Å². The Labute approximate surface area is 88.4 Å². The van der Waals surface area contributed by atoms with Crippen LogP contribution < -0.4 is 11.1 Å². The van der Waals surface area contributed by atoms with E-state index in [1.54, 1.807) is 0 Å². The second-order valence-electron chi connectivity index (χ2n) is 3.52. The van der Waals surface area contributed by atoms with Crippen LogP contribution in [0, 0.1) is 0 Å². The lowest BCUT2D eigenvalue weighted by molar-refractivity contribution is -0.146. The summed E-state index contributed by atoms with van der Waals surface area (Å²) in [4.78, 5) is 24.3. The van der Waals surface area contributed by atoms with Gasteiger partial charge in [-0.3, -0.25) is 9.59 Å². The van der Waals surface area contributed by atoms with E-state index in [1.165, 1.54) is 4.90 Å². The summed E-state index contributed by atoms with van der Waals surface area (Å²) in [6, 6.07) is -0.207. The van der Waals surface area contributed by atoms with E-state index in [4.69, 9.17) is 10.8 Å². The van der Waals surface area contributed by atoms with Gasteiger partial charge in [0, 0.05) is 19.6 Å². The zero-order chi connectivity index (χ0) is 11.3. The van der Waals surface area contributed by atoms with Gasteiger partial charge in [0.15, 0.2) is 0 Å². The minimum atomic E-state index is -0.638. The number of amides is 2. The summed E-state index contributed by atoms with van der Waals surface area (Å²) in [6.45, 7) is 1.06. The Hall–Kier alpha value is -1.14. The summed E-state index contributed by atoms with van der Waals surface area (Å²) < 4.78 is 0. The maximum atomic E-state index is 11.6. The van der Waals surface area contributed by atoms with Gasteiger partial charge in [-0.1, -0.05) is 0 Å². The molecule has 1 saturated heterocycles. The van der Waals surface area contributed by atoms with Gasteiger partial charge in [0.1, 0.15) is 0 Å². The lowest BCUT2D eigenvalue weighted by Gasteiger charge is -2.22. The van der Waals surface area contributed by atoms with Gasteiger partial charge < -0.3 is 21.1 Å². The molecule has 0 aromatic carbocycles. The maximum absolute atomic E-state index is 11.6. The molecule has 0 aromatic rings. The van der Waals surface area contributed by atoms with E-state index in [0.29, 0.717) is 19.6 Å². The average Bonchev–Trinajstić information content (AvgIpc) is 2.72. The molecule has 15 heavy (non-hydrogen) atoms. The standard InChI is InChI=1S/C9H17N3O3/c10-3-4-11-8(14)9(15)12-5-1-2-7(12)6-13/h7,13H,1-6,10H2,(H,11,14). The third-order valence-corrected chi connectivity index (χ3v) is 2.47. The van der Waals surface area contributed by atoms with Crippen LogP contribution in [-0.2, 0) is 9.59 Å². The van der Waals surface area contributed by atoms with Crippen LogP contribution in [0.4, 0.5) is 0 Å². The second kappa shape index (κ2) is 5.67. The molecule has 0 spiro atoms. The molecule has 0 bridgehead atoms. The van der Waals surface area contributed by atoms with Gasteiger partial charge in [-0.15, -0.1) is 0 Å². The Balaban J connectivity index is 2.48. The largest absolute Gasteiger partial charge is 0.394 e. The minimum Gasteiger partial charge on any atom is -0.394 e. The monoisotopic (exact) mass is 215 g/mol. The van der Waals surface area contributed by atoms with Crippen LogP contribution in [0.5, 0.6) is 0 Å². The predicted molar refractivity (Wildman–Crippen MR) is 53.9 cm³/mol. The van der Waals surface area contributed by atoms with Crippen molar-refractivity contribution in [3.8, 4) is 0 Å². The van der Waals surface area contributed by atoms with Crippen molar-refractivity contribution in [2.24, 2.45) is 5.73 Å². The molecule has 0 radical (unpaired) electrons. The smallest absolute Gasteiger partial charge is 0.312 e. The van der Waals surface area contributed by atoms with E-state index in [1.807, 2.05) is 0 Å². The number of nitrogens with two attached hydrogens (primary N) is 1. The summed E-state index contributed by atoms with van der Waals surface area (Å²) in [5, 5.41) is 11.4. The molecule has 6 heteroatoms. The van der Waals surface area contributed by atoms with Gasteiger partial charge in [-0.2, -0.15) is 0 Å². The van der Waals surface area contributed by atoms with Crippen LogP contribution in [0.15, 0.2) is 0 Å². The van der Waals surface area contributed by atoms with Crippen molar-refractivity contribution < 1.29 is 14.7 Å². The highest BCUT2D eigenvalue weighted by atomic mass is 16.3. The average molecular weight is 215 g/mol. The molecule has 1 heterocycles. The highest BCUT2D eigenvalue weighted by Crippen LogP contribution is 2.16. The van der Waals surface area contributed by atoms with E-state index < -0.39 is 11.8 Å². The van der Waals surface area contributed by atoms with E-state index in [2.05, 4.69) is 5.32 Å². The Morgan fingerprint density at radius 2 is 2.27 bits per heavy atom. The van der Waals surface area contributed by atoms with Crippen LogP contribution in [-0.4, -0.2) is 54.1 Å². The molecule has 1 unspecified atom stereocenters. The topological polar surface area (TPSA) is 95.7 Å². The summed E-state index contributed by atoms with van der Waals surface area (Å²) in [7, 11) is 0. The molecule has 0 aliphatic carbocycles. The number of aliphatic hydroxyl groups excluding tert-OH is 1. The first kappa shape index (κ1) is 11.9. The lowest BCUT2D eigenvalue weighted by atomic mass is 10.2. The third-order valence-electron chi connectivity index (χ3n) is 2.47. The quantitative estimate of drug-likeness (QED) is 0.476. The maximum Gasteiger partial charge on any atom is 0.312 e. The van der Waals surface area contributed by atoms with Crippen molar-refractivity contribution in [1.82, 2.24) is 10.2 Å². The summed E-state index contributed by atoms with van der Waals surface area (Å²) in [5.41, 5.74) is 5.20. The molecule has 0 aromatic heterocycles. The third kappa shape index (κ3) is 2.90. The van der Waals surface area contributed by atoms with Crippen molar-refractivity contribution in [3.05, 3.63) is 0 Å². The van der Waals surface area contributed by atoms with Crippen molar-refractivity contribution in [1.29, 1.82) is 0 Å². The molecular formula is C9H17N3O3. The number of carbonyl (C=O) groups excluding carboxylic acids is 2. The number of nitrogens with one attached hydrogen (secondary N) is 1. The van der Waals surface area contributed by atoms with Gasteiger partial charge in [-0.05, 0) is 12.8 Å². The highest BCUT2D eigenvalue weighted by Gasteiger charge is 2.31. The number of carbonyl (C=O) groups is 2. The van der Waals surface area contributed by atoms with Crippen LogP contribution >= 0.6 is 0 Å². The van der Waals surface area contributed by atoms with Crippen molar-refractivity contribution in [2.45, 2.75) is 18.9 Å². The van der Waals surface area contributed by atoms with Crippen molar-refractivity contribution >= 4 is 11.8 Å². The van der Waals surface area contributed by atoms with E-state index in [0.717, 1.165) is 12.8 Å². The fourth-order valence-electron chi connectivity index (χ4n) is 1.68. The molecule has 1 rings (SSSR count). The second-order valence-corrected chi connectivity index (χ2v) is 3.52. The van der Waals surface area contributed by atoms with Crippen molar-refractivity contribution in [2.75, 3.05) is 26.2 Å². The Kier molecular flexibility index (Phi) is 4.51. The molecule has 2 amide bonds. The highest BCUT2D eigenvalue weighted by molar-refractivity contribution is 6.35. The van der Waals surface area contributed by atoms with Gasteiger partial charge >= 0.3 is 11.8 Å². The Morgan fingerprint density at radius 3 is 2.87 bits per heavy atom. The fourth-order valence-corrected chi connectivity index (χ4v) is 1.68. The van der Waals surface area contributed by atoms with E-state index in [-0.39, 0.29) is 12.6 Å². The number of hydrogen-bond acceptors (Lipinski definition) is 4. The lowest BCUT2D eigenvalue weighted by Crippen LogP contribution is -2.47. The van der Waals surface area contributed by atoms with Crippen LogP contribution in [0.3, 0.4) is 0 Å². The molecule has 1 aliphatic heterocycles. The molecule has 86 valence electrons. The first-order valence-corrected chi connectivity index (χ1v) is 5.10. The summed E-state index contributed by atoms with van der Waals surface area (Å²) in [5.74, 6) is -1.21. The Bertz CT molecular complexity index is 245. The van der Waals surface area contributed by atoms with Crippen LogP contribution in [0.25, 0.3) is 0 Å². The van der Waals surface area contributed by atoms with Gasteiger partial charge in [-0.25, -0.2) is 0 Å². The number of aliphatic hydroxyl groups is 1. The van der Waals surface area contributed by atoms with Crippen LogP contribution in [0.1, 0.15) is 12.8 Å². The first-order chi connectivity index (χ1) is 7.20. The molecule has 4 N–H and O–H groups in total. The van der Waals surface area contributed by atoms with Gasteiger partial charge in [0.2, 0.25) is 0 Å². The van der Waals surface area contributed by atoms with Crippen LogP contribution in [0.2, 0.25) is 0 Å². The first-order valence-electron chi connectivity index (χ1n) is 5.10. The molecule has 6 nitrogen and oxygen atoms in total. The Morgan fingerprint density at radius 1 is 1.53 bits per heavy atom. The number of hydrogen-bond donors (Lipinski definition) is 3. The predicted octanol–water partition coefficient (Wildman–Crippen LogP) is -1.96. The molecular weight excluding hydrogens is 198 g/mol. The normalized spacial score (nSPS) is 20.4. The number of likely N-dealkylation sites (tertiary alicyclic amines) is 1. The van der Waals surface area contributed by atoms with Gasteiger partial charge in [0.05, 0.1) is 12.6 Å². The number of rotatable bonds is 3. The zero-order valence-corrected chi connectivity index (χ0v) is 8.61. The van der Waals surface area contributed by atoms with E-state index in [9.17, 15) is 9.59 Å². The minimum absolute atomic E-state index is 0.0874. The summed E-state index contributed by atoms with van der Waals surface area (Å²) >= 11 is 0. The molecule has 1 fully saturated rings. The SMILES string of the molecule is NCCNC(=O)C(=O)N1CCCC1CO. The van der Waals surface area contributed by atoms with Gasteiger partial charge in [0.25, 0.3) is 0 Å². The molecule has 1 aliphatic rings. The molecule has 0 saturated carbocycles.